The van der Waals surface area contributed by atoms with Gasteiger partial charge in [-0.05, 0) is 35.7 Å². The lowest BCUT2D eigenvalue weighted by molar-refractivity contribution is 0.171. The van der Waals surface area contributed by atoms with E-state index in [2.05, 4.69) is 10.6 Å². The van der Waals surface area contributed by atoms with Gasteiger partial charge in [-0.3, -0.25) is 0 Å². The number of fused-ring (bicyclic) bond motifs is 1. The van der Waals surface area contributed by atoms with E-state index in [4.69, 9.17) is 14.2 Å². The SMILES string of the molecule is COCc1cccc(CNC(=O)N[C@@H](C)c2ccc3c(c2)OCCO3)c1. The number of carbonyl (C=O) groups excluding carboxylic acids is 1. The highest BCUT2D eigenvalue weighted by molar-refractivity contribution is 5.74. The molecule has 0 aromatic heterocycles. The Balaban J connectivity index is 1.53. The van der Waals surface area contributed by atoms with Crippen molar-refractivity contribution in [2.24, 2.45) is 0 Å². The number of amides is 2. The minimum absolute atomic E-state index is 0.148. The summed E-state index contributed by atoms with van der Waals surface area (Å²) in [6.45, 7) is 4.05. The van der Waals surface area contributed by atoms with E-state index in [1.54, 1.807) is 7.11 Å². The van der Waals surface area contributed by atoms with E-state index in [-0.39, 0.29) is 12.1 Å². The molecule has 1 aliphatic rings. The van der Waals surface area contributed by atoms with Crippen LogP contribution < -0.4 is 20.1 Å². The van der Waals surface area contributed by atoms with E-state index >= 15 is 0 Å². The Morgan fingerprint density at radius 3 is 2.69 bits per heavy atom. The molecule has 0 spiro atoms. The molecule has 2 N–H and O–H groups in total. The maximum absolute atomic E-state index is 12.2. The van der Waals surface area contributed by atoms with Gasteiger partial charge < -0.3 is 24.8 Å². The van der Waals surface area contributed by atoms with Crippen molar-refractivity contribution in [3.05, 3.63) is 59.2 Å². The number of carbonyl (C=O) groups is 1. The van der Waals surface area contributed by atoms with Crippen LogP contribution in [0.15, 0.2) is 42.5 Å². The highest BCUT2D eigenvalue weighted by Gasteiger charge is 2.15. The van der Waals surface area contributed by atoms with Gasteiger partial charge in [0, 0.05) is 13.7 Å². The molecular formula is C20H24N2O4. The zero-order valence-electron chi connectivity index (χ0n) is 15.1. The number of urea groups is 1. The second-order valence-electron chi connectivity index (χ2n) is 6.20. The third-order valence-corrected chi connectivity index (χ3v) is 4.17. The summed E-state index contributed by atoms with van der Waals surface area (Å²) in [4.78, 5) is 12.2. The first-order valence-corrected chi connectivity index (χ1v) is 8.66. The van der Waals surface area contributed by atoms with Crippen LogP contribution in [0.25, 0.3) is 0 Å². The van der Waals surface area contributed by atoms with Crippen molar-refractivity contribution in [3.63, 3.8) is 0 Å². The van der Waals surface area contributed by atoms with Crippen molar-refractivity contribution in [2.75, 3.05) is 20.3 Å². The van der Waals surface area contributed by atoms with E-state index < -0.39 is 0 Å². The number of nitrogens with one attached hydrogen (secondary N) is 2. The van der Waals surface area contributed by atoms with Crippen molar-refractivity contribution in [3.8, 4) is 11.5 Å². The third-order valence-electron chi connectivity index (χ3n) is 4.17. The average Bonchev–Trinajstić information content (AvgIpc) is 2.66. The van der Waals surface area contributed by atoms with Crippen LogP contribution in [-0.2, 0) is 17.9 Å². The van der Waals surface area contributed by atoms with E-state index in [1.165, 1.54) is 0 Å². The molecule has 138 valence electrons. The van der Waals surface area contributed by atoms with E-state index in [9.17, 15) is 4.79 Å². The zero-order chi connectivity index (χ0) is 18.4. The molecule has 3 rings (SSSR count). The molecule has 1 atom stereocenters. The predicted octanol–water partition coefficient (Wildman–Crippen LogP) is 3.16. The van der Waals surface area contributed by atoms with E-state index in [1.807, 2.05) is 49.4 Å². The van der Waals surface area contributed by atoms with E-state index in [0.717, 1.165) is 28.2 Å². The molecule has 2 aromatic rings. The molecule has 1 aliphatic heterocycles. The quantitative estimate of drug-likeness (QED) is 0.834. The minimum Gasteiger partial charge on any atom is -0.486 e. The number of benzene rings is 2. The summed E-state index contributed by atoms with van der Waals surface area (Å²) in [5.74, 6) is 1.46. The summed E-state index contributed by atoms with van der Waals surface area (Å²) >= 11 is 0. The third kappa shape index (κ3) is 4.67. The lowest BCUT2D eigenvalue weighted by atomic mass is 10.1. The first-order chi connectivity index (χ1) is 12.7. The Morgan fingerprint density at radius 2 is 1.88 bits per heavy atom. The van der Waals surface area contributed by atoms with Gasteiger partial charge in [0.2, 0.25) is 0 Å². The Morgan fingerprint density at radius 1 is 1.12 bits per heavy atom. The maximum atomic E-state index is 12.2. The molecule has 0 aliphatic carbocycles. The minimum atomic E-state index is -0.218. The summed E-state index contributed by atoms with van der Waals surface area (Å²) in [5, 5.41) is 5.83. The summed E-state index contributed by atoms with van der Waals surface area (Å²) in [6, 6.07) is 13.3. The van der Waals surface area contributed by atoms with Crippen LogP contribution in [0.1, 0.15) is 29.7 Å². The molecule has 0 fully saturated rings. The van der Waals surface area contributed by atoms with Crippen LogP contribution >= 0.6 is 0 Å². The summed E-state index contributed by atoms with van der Waals surface area (Å²) in [5.41, 5.74) is 3.07. The molecular weight excluding hydrogens is 332 g/mol. The molecule has 6 heteroatoms. The second-order valence-corrected chi connectivity index (χ2v) is 6.20. The van der Waals surface area contributed by atoms with Crippen LogP contribution in [-0.4, -0.2) is 26.4 Å². The summed E-state index contributed by atoms with van der Waals surface area (Å²) < 4.78 is 16.2. The molecule has 2 aromatic carbocycles. The van der Waals surface area contributed by atoms with Crippen molar-refractivity contribution < 1.29 is 19.0 Å². The molecule has 0 saturated heterocycles. The first-order valence-electron chi connectivity index (χ1n) is 8.66. The van der Waals surface area contributed by atoms with Gasteiger partial charge in [-0.2, -0.15) is 0 Å². The van der Waals surface area contributed by atoms with Crippen LogP contribution in [0.2, 0.25) is 0 Å². The number of methoxy groups -OCH3 is 1. The Bertz CT molecular complexity index is 763. The lowest BCUT2D eigenvalue weighted by Crippen LogP contribution is -2.36. The van der Waals surface area contributed by atoms with Gasteiger partial charge in [0.15, 0.2) is 11.5 Å². The molecule has 0 radical (unpaired) electrons. The lowest BCUT2D eigenvalue weighted by Gasteiger charge is -2.21. The van der Waals surface area contributed by atoms with Gasteiger partial charge in [-0.15, -0.1) is 0 Å². The van der Waals surface area contributed by atoms with Gasteiger partial charge in [0.25, 0.3) is 0 Å². The van der Waals surface area contributed by atoms with Crippen molar-refractivity contribution in [2.45, 2.75) is 26.1 Å². The normalized spacial score (nSPS) is 13.8. The summed E-state index contributed by atoms with van der Waals surface area (Å²) in [7, 11) is 1.66. The Kier molecular flexibility index (Phi) is 5.96. The molecule has 0 unspecified atom stereocenters. The van der Waals surface area contributed by atoms with Gasteiger partial charge in [0.1, 0.15) is 13.2 Å². The average molecular weight is 356 g/mol. The van der Waals surface area contributed by atoms with Crippen LogP contribution in [0.4, 0.5) is 4.79 Å². The number of hydrogen-bond donors (Lipinski definition) is 2. The highest BCUT2D eigenvalue weighted by atomic mass is 16.6. The molecule has 26 heavy (non-hydrogen) atoms. The Labute approximate surface area is 153 Å². The van der Waals surface area contributed by atoms with Crippen LogP contribution in [0.5, 0.6) is 11.5 Å². The standard InChI is InChI=1S/C20H24N2O4/c1-14(17-6-7-18-19(11-17)26-9-8-25-18)22-20(23)21-12-15-4-3-5-16(10-15)13-24-2/h3-7,10-11,14H,8-9,12-13H2,1-2H3,(H2,21,22,23)/t14-/m0/s1. The molecule has 1 heterocycles. The second kappa shape index (κ2) is 8.58. The monoisotopic (exact) mass is 356 g/mol. The van der Waals surface area contributed by atoms with Gasteiger partial charge >= 0.3 is 6.03 Å². The first kappa shape index (κ1) is 18.1. The maximum Gasteiger partial charge on any atom is 0.315 e. The number of ether oxygens (including phenoxy) is 3. The highest BCUT2D eigenvalue weighted by Crippen LogP contribution is 2.32. The fourth-order valence-electron chi connectivity index (χ4n) is 2.84. The van der Waals surface area contributed by atoms with Crippen molar-refractivity contribution >= 4 is 6.03 Å². The largest absolute Gasteiger partial charge is 0.486 e. The molecule has 6 nitrogen and oxygen atoms in total. The van der Waals surface area contributed by atoms with Crippen LogP contribution in [0, 0.1) is 0 Å². The van der Waals surface area contributed by atoms with Crippen LogP contribution in [0.3, 0.4) is 0 Å². The topological polar surface area (TPSA) is 68.8 Å². The fraction of sp³-hybridized carbons (Fsp3) is 0.350. The smallest absolute Gasteiger partial charge is 0.315 e. The van der Waals surface area contributed by atoms with Crippen molar-refractivity contribution in [1.82, 2.24) is 10.6 Å². The predicted molar refractivity (Wildman–Crippen MR) is 98.4 cm³/mol. The zero-order valence-corrected chi connectivity index (χ0v) is 15.1. The van der Waals surface area contributed by atoms with Gasteiger partial charge in [-0.25, -0.2) is 4.79 Å². The molecule has 0 bridgehead atoms. The number of hydrogen-bond acceptors (Lipinski definition) is 4. The summed E-state index contributed by atoms with van der Waals surface area (Å²) in [6.07, 6.45) is 0. The molecule has 2 amide bonds. The van der Waals surface area contributed by atoms with Gasteiger partial charge in [0.05, 0.1) is 12.6 Å². The van der Waals surface area contributed by atoms with Gasteiger partial charge in [-0.1, -0.05) is 30.3 Å². The fourth-order valence-corrected chi connectivity index (χ4v) is 2.84. The van der Waals surface area contributed by atoms with Crippen molar-refractivity contribution in [1.29, 1.82) is 0 Å². The Hall–Kier alpha value is -2.73. The number of rotatable bonds is 6. The van der Waals surface area contributed by atoms with E-state index in [0.29, 0.717) is 26.4 Å². The molecule has 0 saturated carbocycles.